The Balaban J connectivity index is 4.56. The highest BCUT2D eigenvalue weighted by Gasteiger charge is 2.53. The first kappa shape index (κ1) is 12.3. The molecule has 0 saturated heterocycles. The average molecular weight is 206 g/mol. The quantitative estimate of drug-likeness (QED) is 0.478. The van der Waals surface area contributed by atoms with Gasteiger partial charge >= 0.3 is 5.92 Å². The van der Waals surface area contributed by atoms with Crippen molar-refractivity contribution in [3.63, 3.8) is 0 Å². The van der Waals surface area contributed by atoms with Gasteiger partial charge in [-0.1, -0.05) is 6.58 Å². The maximum Gasteiger partial charge on any atom is 0.302 e. The van der Waals surface area contributed by atoms with Crippen molar-refractivity contribution in [3.05, 3.63) is 12.7 Å². The van der Waals surface area contributed by atoms with Crippen molar-refractivity contribution in [1.29, 1.82) is 0 Å². The van der Waals surface area contributed by atoms with E-state index in [9.17, 15) is 26.3 Å². The van der Waals surface area contributed by atoms with E-state index in [-0.39, 0.29) is 6.08 Å². The predicted molar refractivity (Wildman–Crippen MR) is 35.6 cm³/mol. The summed E-state index contributed by atoms with van der Waals surface area (Å²) < 4.78 is 73.1. The van der Waals surface area contributed by atoms with Crippen LogP contribution in [0.3, 0.4) is 0 Å². The van der Waals surface area contributed by atoms with E-state index in [1.807, 2.05) is 0 Å². The second-order valence-electron chi connectivity index (χ2n) is 2.44. The molecule has 0 saturated carbocycles. The molecule has 1 unspecified atom stereocenters. The van der Waals surface area contributed by atoms with Crippen LogP contribution in [0.15, 0.2) is 12.7 Å². The van der Waals surface area contributed by atoms with E-state index < -0.39 is 31.1 Å². The number of halogens is 6. The maximum absolute atomic E-state index is 12.4. The lowest BCUT2D eigenvalue weighted by molar-refractivity contribution is -0.163. The molecule has 0 spiro atoms. The largest absolute Gasteiger partial charge is 0.302 e. The monoisotopic (exact) mass is 206 g/mol. The van der Waals surface area contributed by atoms with Crippen LogP contribution in [0.4, 0.5) is 26.3 Å². The summed E-state index contributed by atoms with van der Waals surface area (Å²) in [7, 11) is 0. The van der Waals surface area contributed by atoms with Crippen LogP contribution in [0, 0.1) is 0 Å². The second kappa shape index (κ2) is 4.02. The molecule has 0 aliphatic carbocycles. The third kappa shape index (κ3) is 2.93. The van der Waals surface area contributed by atoms with E-state index in [0.717, 1.165) is 0 Å². The Labute approximate surface area is 71.2 Å². The molecule has 0 fully saturated rings. The topological polar surface area (TPSA) is 0 Å². The van der Waals surface area contributed by atoms with Crippen LogP contribution in [0.2, 0.25) is 0 Å². The van der Waals surface area contributed by atoms with Gasteiger partial charge in [-0.3, -0.25) is 4.39 Å². The molecule has 0 heterocycles. The minimum atomic E-state index is -4.37. The highest BCUT2D eigenvalue weighted by atomic mass is 19.3. The molecule has 0 aliphatic heterocycles. The van der Waals surface area contributed by atoms with Crippen molar-refractivity contribution in [3.8, 4) is 0 Å². The molecule has 0 aliphatic rings. The highest BCUT2D eigenvalue weighted by Crippen LogP contribution is 2.36. The van der Waals surface area contributed by atoms with Gasteiger partial charge in [0.25, 0.3) is 5.92 Å². The van der Waals surface area contributed by atoms with Gasteiger partial charge in [-0.15, -0.1) is 0 Å². The molecule has 0 radical (unpaired) electrons. The molecule has 0 rings (SSSR count). The molecule has 0 amide bonds. The molecular weight excluding hydrogens is 198 g/mol. The zero-order valence-electron chi connectivity index (χ0n) is 6.54. The fraction of sp³-hybridized carbons (Fsp3) is 0.714. The molecule has 1 atom stereocenters. The SMILES string of the molecule is C=CC(F)(F)C(F)C(F)(F)CCF. The van der Waals surface area contributed by atoms with Gasteiger partial charge in [0.1, 0.15) is 0 Å². The predicted octanol–water partition coefficient (Wildman–Crippen LogP) is 3.14. The molecular formula is C7H8F6. The Morgan fingerprint density at radius 1 is 1.23 bits per heavy atom. The smallest absolute Gasteiger partial charge is 0.251 e. The van der Waals surface area contributed by atoms with Gasteiger partial charge in [0.15, 0.2) is 0 Å². The molecule has 0 aromatic carbocycles. The van der Waals surface area contributed by atoms with E-state index in [2.05, 4.69) is 6.58 Å². The third-order valence-electron chi connectivity index (χ3n) is 1.41. The second-order valence-corrected chi connectivity index (χ2v) is 2.44. The summed E-state index contributed by atoms with van der Waals surface area (Å²) in [5, 5.41) is 0. The van der Waals surface area contributed by atoms with E-state index in [1.165, 1.54) is 0 Å². The van der Waals surface area contributed by atoms with Gasteiger partial charge in [-0.2, -0.15) is 8.78 Å². The van der Waals surface area contributed by atoms with Gasteiger partial charge in [-0.05, 0) is 6.08 Å². The highest BCUT2D eigenvalue weighted by molar-refractivity contribution is 4.99. The fourth-order valence-corrected chi connectivity index (χ4v) is 0.638. The summed E-state index contributed by atoms with van der Waals surface area (Å²) in [5.41, 5.74) is 0. The molecule has 0 aromatic rings. The Bertz CT molecular complexity index is 176. The van der Waals surface area contributed by atoms with Crippen LogP contribution in [0.1, 0.15) is 6.42 Å². The van der Waals surface area contributed by atoms with Gasteiger partial charge in [0.05, 0.1) is 6.67 Å². The van der Waals surface area contributed by atoms with Crippen LogP contribution in [-0.4, -0.2) is 24.7 Å². The number of alkyl halides is 6. The molecule has 78 valence electrons. The van der Waals surface area contributed by atoms with Crippen molar-refractivity contribution in [2.24, 2.45) is 0 Å². The van der Waals surface area contributed by atoms with Gasteiger partial charge in [-0.25, -0.2) is 13.2 Å². The number of hydrogen-bond acceptors (Lipinski definition) is 0. The van der Waals surface area contributed by atoms with Crippen molar-refractivity contribution >= 4 is 0 Å². The summed E-state index contributed by atoms with van der Waals surface area (Å²) in [5.74, 6) is -8.70. The number of allylic oxidation sites excluding steroid dienone is 1. The minimum absolute atomic E-state index is 0.218. The van der Waals surface area contributed by atoms with Crippen molar-refractivity contribution in [2.45, 2.75) is 24.4 Å². The lowest BCUT2D eigenvalue weighted by Crippen LogP contribution is -2.43. The van der Waals surface area contributed by atoms with Crippen LogP contribution in [-0.2, 0) is 0 Å². The molecule has 0 N–H and O–H groups in total. The van der Waals surface area contributed by atoms with E-state index >= 15 is 0 Å². The fourth-order valence-electron chi connectivity index (χ4n) is 0.638. The molecule has 0 aromatic heterocycles. The lowest BCUT2D eigenvalue weighted by atomic mass is 10.1. The van der Waals surface area contributed by atoms with Crippen molar-refractivity contribution in [1.82, 2.24) is 0 Å². The Morgan fingerprint density at radius 3 is 2.00 bits per heavy atom. The Hall–Kier alpha value is -0.680. The van der Waals surface area contributed by atoms with E-state index in [0.29, 0.717) is 0 Å². The van der Waals surface area contributed by atoms with Gasteiger partial charge < -0.3 is 0 Å². The average Bonchev–Trinajstić information content (AvgIpc) is 2.03. The van der Waals surface area contributed by atoms with Crippen molar-refractivity contribution in [2.75, 3.05) is 6.67 Å². The van der Waals surface area contributed by atoms with Gasteiger partial charge in [0.2, 0.25) is 6.17 Å². The third-order valence-corrected chi connectivity index (χ3v) is 1.41. The molecule has 0 bridgehead atoms. The molecule has 0 nitrogen and oxygen atoms in total. The Kier molecular flexibility index (Phi) is 3.81. The number of hydrogen-bond donors (Lipinski definition) is 0. The van der Waals surface area contributed by atoms with Crippen molar-refractivity contribution < 1.29 is 26.3 Å². The lowest BCUT2D eigenvalue weighted by Gasteiger charge is -2.24. The first-order valence-electron chi connectivity index (χ1n) is 3.37. The maximum atomic E-state index is 12.4. The van der Waals surface area contributed by atoms with Crippen LogP contribution >= 0.6 is 0 Å². The summed E-state index contributed by atoms with van der Waals surface area (Å²) in [6, 6.07) is 0. The normalized spacial score (nSPS) is 15.5. The first-order valence-corrected chi connectivity index (χ1v) is 3.37. The van der Waals surface area contributed by atoms with Gasteiger partial charge in [0, 0.05) is 6.42 Å². The van der Waals surface area contributed by atoms with Crippen LogP contribution < -0.4 is 0 Å². The molecule has 13 heavy (non-hydrogen) atoms. The summed E-state index contributed by atoms with van der Waals surface area (Å²) >= 11 is 0. The zero-order chi connectivity index (χ0) is 10.7. The summed E-state index contributed by atoms with van der Waals surface area (Å²) in [4.78, 5) is 0. The molecule has 6 heteroatoms. The zero-order valence-corrected chi connectivity index (χ0v) is 6.54. The summed E-state index contributed by atoms with van der Waals surface area (Å²) in [6.07, 6.45) is -5.50. The van der Waals surface area contributed by atoms with Crippen LogP contribution in [0.5, 0.6) is 0 Å². The van der Waals surface area contributed by atoms with Crippen LogP contribution in [0.25, 0.3) is 0 Å². The first-order chi connectivity index (χ1) is 5.78. The Morgan fingerprint density at radius 2 is 1.69 bits per heavy atom. The van der Waals surface area contributed by atoms with E-state index in [4.69, 9.17) is 0 Å². The number of rotatable bonds is 5. The summed E-state index contributed by atoms with van der Waals surface area (Å²) in [6.45, 7) is 0.955. The minimum Gasteiger partial charge on any atom is -0.251 e. The van der Waals surface area contributed by atoms with E-state index in [1.54, 1.807) is 0 Å². The standard InChI is InChI=1S/C7H8F6/c1-2-6(10,11)5(9)7(12,13)3-4-8/h2,5H,1,3-4H2.